The monoisotopic (exact) mass is 331 g/mol. The van der Waals surface area contributed by atoms with Gasteiger partial charge in [-0.2, -0.15) is 0 Å². The Balaban J connectivity index is 2.16. The van der Waals surface area contributed by atoms with Gasteiger partial charge in [0.1, 0.15) is 0 Å². The van der Waals surface area contributed by atoms with Crippen LogP contribution in [0, 0.1) is 0 Å². The lowest BCUT2D eigenvalue weighted by molar-refractivity contribution is -0.0465. The summed E-state index contributed by atoms with van der Waals surface area (Å²) in [5, 5.41) is 0. The first-order chi connectivity index (χ1) is 8.99. The molecule has 19 heavy (non-hydrogen) atoms. The van der Waals surface area contributed by atoms with Crippen LogP contribution in [0.15, 0.2) is 20.3 Å². The van der Waals surface area contributed by atoms with Crippen LogP contribution in [-0.2, 0) is 11.3 Å². The normalized spacial score (nSPS) is 20.9. The number of nitrogens with one attached hydrogen (secondary N) is 1. The highest BCUT2D eigenvalue weighted by Gasteiger charge is 2.23. The Morgan fingerprint density at radius 1 is 1.53 bits per heavy atom. The first-order valence-electron chi connectivity index (χ1n) is 6.32. The molecule has 0 aromatic carbocycles. The number of aromatic amines is 1. The van der Waals surface area contributed by atoms with Crippen LogP contribution in [0.5, 0.6) is 0 Å². The van der Waals surface area contributed by atoms with Crippen LogP contribution in [-0.4, -0.2) is 46.3 Å². The lowest BCUT2D eigenvalue weighted by Gasteiger charge is -2.35. The first kappa shape index (κ1) is 14.5. The van der Waals surface area contributed by atoms with Crippen molar-refractivity contribution >= 4 is 15.9 Å². The van der Waals surface area contributed by atoms with Crippen molar-refractivity contribution in [3.05, 3.63) is 31.5 Å². The molecular formula is C12H18BrN3O3. The van der Waals surface area contributed by atoms with Gasteiger partial charge >= 0.3 is 5.69 Å². The minimum absolute atomic E-state index is 0.135. The molecule has 7 heteroatoms. The summed E-state index contributed by atoms with van der Waals surface area (Å²) in [5.41, 5.74) is -0.729. The molecule has 1 aromatic rings. The number of halogens is 1. The van der Waals surface area contributed by atoms with E-state index in [4.69, 9.17) is 4.74 Å². The second-order valence-corrected chi connectivity index (χ2v) is 5.79. The molecule has 1 unspecified atom stereocenters. The van der Waals surface area contributed by atoms with Crippen LogP contribution < -0.4 is 11.2 Å². The molecule has 106 valence electrons. The predicted molar refractivity (Wildman–Crippen MR) is 75.5 cm³/mol. The van der Waals surface area contributed by atoms with Crippen molar-refractivity contribution in [3.8, 4) is 0 Å². The van der Waals surface area contributed by atoms with Gasteiger partial charge in [0.2, 0.25) is 0 Å². The SMILES string of the molecule is CC(C)N1CCOC(Cn2c(=O)[nH]cc(Br)c2=O)C1. The Bertz CT molecular complexity index is 552. The van der Waals surface area contributed by atoms with Crippen LogP contribution in [0.1, 0.15) is 13.8 Å². The Kier molecular flexibility index (Phi) is 4.59. The lowest BCUT2D eigenvalue weighted by atomic mass is 10.2. The van der Waals surface area contributed by atoms with E-state index in [1.165, 1.54) is 10.8 Å². The molecule has 1 saturated heterocycles. The number of rotatable bonds is 3. The minimum atomic E-state index is -0.404. The zero-order valence-electron chi connectivity index (χ0n) is 11.1. The molecule has 1 aliphatic rings. The van der Waals surface area contributed by atoms with Gasteiger partial charge in [-0.05, 0) is 29.8 Å². The number of hydrogen-bond donors (Lipinski definition) is 1. The number of H-pyrrole nitrogens is 1. The number of hydrogen-bond acceptors (Lipinski definition) is 4. The Labute approximate surface area is 119 Å². The van der Waals surface area contributed by atoms with Gasteiger partial charge in [0, 0.05) is 25.3 Å². The van der Waals surface area contributed by atoms with Crippen molar-refractivity contribution < 1.29 is 4.74 Å². The van der Waals surface area contributed by atoms with Crippen LogP contribution in [0.3, 0.4) is 0 Å². The summed E-state index contributed by atoms with van der Waals surface area (Å²) in [6.45, 7) is 6.77. The molecule has 2 rings (SSSR count). The van der Waals surface area contributed by atoms with Crippen molar-refractivity contribution in [2.75, 3.05) is 19.7 Å². The molecule has 6 nitrogen and oxygen atoms in total. The third-order valence-electron chi connectivity index (χ3n) is 3.30. The average Bonchev–Trinajstić information content (AvgIpc) is 2.39. The molecule has 0 amide bonds. The maximum absolute atomic E-state index is 11.9. The second-order valence-electron chi connectivity index (χ2n) is 4.94. The standard InChI is InChI=1S/C12H18BrN3O3/c1-8(2)15-3-4-19-9(6-15)7-16-11(17)10(13)5-14-12(16)18/h5,8-9H,3-4,6-7H2,1-2H3,(H,14,18). The maximum Gasteiger partial charge on any atom is 0.328 e. The number of aromatic nitrogens is 2. The second kappa shape index (κ2) is 6.02. The molecule has 1 aliphatic heterocycles. The lowest BCUT2D eigenvalue weighted by Crippen LogP contribution is -2.49. The van der Waals surface area contributed by atoms with Gasteiger partial charge in [-0.3, -0.25) is 14.3 Å². The predicted octanol–water partition coefficient (Wildman–Crippen LogP) is 0.408. The summed E-state index contributed by atoms with van der Waals surface area (Å²) in [7, 11) is 0. The largest absolute Gasteiger partial charge is 0.374 e. The van der Waals surface area contributed by atoms with Crippen molar-refractivity contribution in [1.29, 1.82) is 0 Å². The van der Waals surface area contributed by atoms with Crippen LogP contribution in [0.4, 0.5) is 0 Å². The van der Waals surface area contributed by atoms with Crippen LogP contribution >= 0.6 is 15.9 Å². The summed E-state index contributed by atoms with van der Waals surface area (Å²) in [5.74, 6) is 0. The number of ether oxygens (including phenoxy) is 1. The van der Waals surface area contributed by atoms with Gasteiger partial charge in [-0.25, -0.2) is 4.79 Å². The number of morpholine rings is 1. The highest BCUT2D eigenvalue weighted by Crippen LogP contribution is 2.09. The van der Waals surface area contributed by atoms with E-state index >= 15 is 0 Å². The zero-order chi connectivity index (χ0) is 14.0. The van der Waals surface area contributed by atoms with Crippen molar-refractivity contribution in [3.63, 3.8) is 0 Å². The molecule has 0 spiro atoms. The fourth-order valence-electron chi connectivity index (χ4n) is 2.18. The maximum atomic E-state index is 11.9. The van der Waals surface area contributed by atoms with Gasteiger partial charge in [0.25, 0.3) is 5.56 Å². The first-order valence-corrected chi connectivity index (χ1v) is 7.12. The molecule has 1 atom stereocenters. The molecule has 0 radical (unpaired) electrons. The summed E-state index contributed by atoms with van der Waals surface area (Å²) in [6, 6.07) is 0.434. The highest BCUT2D eigenvalue weighted by molar-refractivity contribution is 9.10. The quantitative estimate of drug-likeness (QED) is 0.871. The smallest absolute Gasteiger partial charge is 0.328 e. The molecule has 1 aromatic heterocycles. The summed E-state index contributed by atoms with van der Waals surface area (Å²) in [6.07, 6.45) is 1.23. The minimum Gasteiger partial charge on any atom is -0.374 e. The summed E-state index contributed by atoms with van der Waals surface area (Å²) >= 11 is 3.13. The van der Waals surface area contributed by atoms with Crippen LogP contribution in [0.25, 0.3) is 0 Å². The third kappa shape index (κ3) is 3.34. The van der Waals surface area contributed by atoms with Gasteiger partial charge in [-0.1, -0.05) is 0 Å². The van der Waals surface area contributed by atoms with E-state index in [0.717, 1.165) is 13.1 Å². The number of nitrogens with zero attached hydrogens (tertiary/aromatic N) is 2. The van der Waals surface area contributed by atoms with E-state index in [0.29, 0.717) is 17.1 Å². The van der Waals surface area contributed by atoms with Crippen molar-refractivity contribution in [2.24, 2.45) is 0 Å². The Morgan fingerprint density at radius 3 is 2.95 bits per heavy atom. The molecule has 0 bridgehead atoms. The van der Waals surface area contributed by atoms with Gasteiger partial charge in [0.15, 0.2) is 0 Å². The third-order valence-corrected chi connectivity index (χ3v) is 3.87. The van der Waals surface area contributed by atoms with Gasteiger partial charge < -0.3 is 9.72 Å². The fourth-order valence-corrected chi connectivity index (χ4v) is 2.51. The molecule has 1 N–H and O–H groups in total. The topological polar surface area (TPSA) is 67.3 Å². The van der Waals surface area contributed by atoms with E-state index < -0.39 is 5.69 Å². The average molecular weight is 332 g/mol. The van der Waals surface area contributed by atoms with Crippen molar-refractivity contribution in [2.45, 2.75) is 32.5 Å². The highest BCUT2D eigenvalue weighted by atomic mass is 79.9. The van der Waals surface area contributed by atoms with Gasteiger partial charge in [0.05, 0.1) is 23.7 Å². The van der Waals surface area contributed by atoms with E-state index in [2.05, 4.69) is 39.7 Å². The van der Waals surface area contributed by atoms with E-state index in [1.54, 1.807) is 0 Å². The fraction of sp³-hybridized carbons (Fsp3) is 0.667. The summed E-state index contributed by atoms with van der Waals surface area (Å²) < 4.78 is 7.17. The van der Waals surface area contributed by atoms with Crippen molar-refractivity contribution in [1.82, 2.24) is 14.5 Å². The molecule has 0 saturated carbocycles. The summed E-state index contributed by atoms with van der Waals surface area (Å²) in [4.78, 5) is 28.4. The van der Waals surface area contributed by atoms with Crippen LogP contribution in [0.2, 0.25) is 0 Å². The molecule has 1 fully saturated rings. The molecule has 0 aliphatic carbocycles. The van der Waals surface area contributed by atoms with E-state index in [9.17, 15) is 9.59 Å². The van der Waals surface area contributed by atoms with Gasteiger partial charge in [-0.15, -0.1) is 0 Å². The van der Waals surface area contributed by atoms with E-state index in [1.807, 2.05) is 0 Å². The zero-order valence-corrected chi connectivity index (χ0v) is 12.6. The Hall–Kier alpha value is -0.920. The van der Waals surface area contributed by atoms with E-state index in [-0.39, 0.29) is 18.2 Å². The Morgan fingerprint density at radius 2 is 2.26 bits per heavy atom. The molecular weight excluding hydrogens is 314 g/mol. The molecule has 2 heterocycles.